The number of rotatable bonds is 3. The lowest BCUT2D eigenvalue weighted by molar-refractivity contribution is 0.0557. The molecule has 0 saturated carbocycles. The summed E-state index contributed by atoms with van der Waals surface area (Å²) in [5, 5.41) is 0. The van der Waals surface area contributed by atoms with Crippen LogP contribution in [0, 0.1) is 11.2 Å². The molecule has 0 bridgehead atoms. The Morgan fingerprint density at radius 3 is 2.40 bits per heavy atom. The van der Waals surface area contributed by atoms with Crippen LogP contribution in [0.4, 0.5) is 4.39 Å². The molecular weight excluding hydrogens is 273 g/mol. The zero-order chi connectivity index (χ0) is 14.8. The van der Waals surface area contributed by atoms with Crippen molar-refractivity contribution in [3.8, 4) is 0 Å². The van der Waals surface area contributed by atoms with Crippen LogP contribution in [-0.4, -0.2) is 23.9 Å². The molecule has 4 heteroatoms. The van der Waals surface area contributed by atoms with Gasteiger partial charge in [0.15, 0.2) is 0 Å². The molecule has 0 N–H and O–H groups in total. The summed E-state index contributed by atoms with van der Waals surface area (Å²) in [5.74, 6) is -0.402. The molecule has 0 aliphatic carbocycles. The van der Waals surface area contributed by atoms with Crippen molar-refractivity contribution in [1.82, 2.24) is 4.90 Å². The van der Waals surface area contributed by atoms with Crippen LogP contribution in [-0.2, 0) is 0 Å². The molecule has 0 spiro atoms. The molecule has 2 nitrogen and oxygen atoms in total. The minimum atomic E-state index is -0.389. The van der Waals surface area contributed by atoms with E-state index in [9.17, 15) is 9.18 Å². The molecule has 1 aliphatic rings. The Morgan fingerprint density at radius 1 is 1.30 bits per heavy atom. The minimum absolute atomic E-state index is 0.0129. The van der Waals surface area contributed by atoms with Crippen molar-refractivity contribution in [3.63, 3.8) is 0 Å². The molecule has 1 amide bonds. The summed E-state index contributed by atoms with van der Waals surface area (Å²) < 4.78 is 13.2. The van der Waals surface area contributed by atoms with Crippen molar-refractivity contribution < 1.29 is 9.18 Å². The summed E-state index contributed by atoms with van der Waals surface area (Å²) in [4.78, 5) is 14.5. The van der Waals surface area contributed by atoms with Gasteiger partial charge in [0.05, 0.1) is 0 Å². The van der Waals surface area contributed by atoms with Crippen LogP contribution >= 0.6 is 12.6 Å². The topological polar surface area (TPSA) is 20.3 Å². The number of likely N-dealkylation sites (tertiary alicyclic amines) is 1. The van der Waals surface area contributed by atoms with Crippen molar-refractivity contribution in [2.45, 2.75) is 44.4 Å². The third kappa shape index (κ3) is 3.00. The highest BCUT2D eigenvalue weighted by atomic mass is 32.1. The fourth-order valence-corrected chi connectivity index (χ4v) is 3.18. The number of amides is 1. The minimum Gasteiger partial charge on any atom is -0.339 e. The van der Waals surface area contributed by atoms with Crippen LogP contribution in [0.25, 0.3) is 0 Å². The van der Waals surface area contributed by atoms with Gasteiger partial charge in [-0.25, -0.2) is 4.39 Å². The Kier molecular flexibility index (Phi) is 4.74. The van der Waals surface area contributed by atoms with E-state index < -0.39 is 0 Å². The zero-order valence-corrected chi connectivity index (χ0v) is 13.0. The van der Waals surface area contributed by atoms with Crippen LogP contribution < -0.4 is 0 Å². The molecule has 2 rings (SSSR count). The van der Waals surface area contributed by atoms with E-state index in [1.54, 1.807) is 6.07 Å². The van der Waals surface area contributed by atoms with Crippen LogP contribution in [0.1, 0.15) is 49.9 Å². The second-order valence-corrected chi connectivity index (χ2v) is 6.15. The predicted octanol–water partition coefficient (Wildman–Crippen LogP) is 4.16. The van der Waals surface area contributed by atoms with Gasteiger partial charge in [0.2, 0.25) is 0 Å². The first kappa shape index (κ1) is 15.4. The fourth-order valence-electron chi connectivity index (χ4n) is 2.97. The van der Waals surface area contributed by atoms with Crippen LogP contribution in [0.3, 0.4) is 0 Å². The van der Waals surface area contributed by atoms with Gasteiger partial charge < -0.3 is 4.90 Å². The molecule has 0 aromatic heterocycles. The van der Waals surface area contributed by atoms with Gasteiger partial charge >= 0.3 is 0 Å². The maximum atomic E-state index is 13.2. The van der Waals surface area contributed by atoms with E-state index in [1.165, 1.54) is 25.0 Å². The van der Waals surface area contributed by atoms with Gasteiger partial charge in [0.25, 0.3) is 5.91 Å². The number of carbonyl (C=O) groups is 1. The first-order valence-electron chi connectivity index (χ1n) is 7.29. The van der Waals surface area contributed by atoms with Crippen LogP contribution in [0.15, 0.2) is 23.1 Å². The Labute approximate surface area is 125 Å². The molecule has 1 fully saturated rings. The lowest BCUT2D eigenvalue weighted by Crippen LogP contribution is -2.42. The molecule has 20 heavy (non-hydrogen) atoms. The average molecular weight is 295 g/mol. The SMILES string of the molecule is CCC1(CC)CCN(C(=O)c2ccc(F)c(S)c2)CC1. The van der Waals surface area contributed by atoms with Gasteiger partial charge in [0, 0.05) is 23.5 Å². The van der Waals surface area contributed by atoms with Crippen molar-refractivity contribution >= 4 is 18.5 Å². The largest absolute Gasteiger partial charge is 0.339 e. The van der Waals surface area contributed by atoms with Crippen molar-refractivity contribution in [2.24, 2.45) is 5.41 Å². The quantitative estimate of drug-likeness (QED) is 0.830. The average Bonchev–Trinajstić information content (AvgIpc) is 2.49. The Balaban J connectivity index is 2.06. The van der Waals surface area contributed by atoms with Crippen LogP contribution in [0.2, 0.25) is 0 Å². The van der Waals surface area contributed by atoms with Gasteiger partial charge in [-0.05, 0) is 36.5 Å². The highest BCUT2D eigenvalue weighted by Gasteiger charge is 2.33. The summed E-state index contributed by atoms with van der Waals surface area (Å²) in [5.41, 5.74) is 0.922. The number of hydrogen-bond acceptors (Lipinski definition) is 2. The standard InChI is InChI=1S/C16H22FNOS/c1-3-16(4-2)7-9-18(10-8-16)15(19)12-5-6-13(17)14(20)11-12/h5-6,11,20H,3-4,7-10H2,1-2H3. The molecule has 0 radical (unpaired) electrons. The molecule has 0 atom stereocenters. The fraction of sp³-hybridized carbons (Fsp3) is 0.562. The lowest BCUT2D eigenvalue weighted by Gasteiger charge is -2.41. The maximum absolute atomic E-state index is 13.2. The normalized spacial score (nSPS) is 18.1. The predicted molar refractivity (Wildman–Crippen MR) is 81.8 cm³/mol. The van der Waals surface area contributed by atoms with E-state index in [0.29, 0.717) is 11.0 Å². The van der Waals surface area contributed by atoms with Crippen LogP contribution in [0.5, 0.6) is 0 Å². The number of thiol groups is 1. The Hall–Kier alpha value is -1.03. The molecule has 1 aromatic rings. The third-order valence-corrected chi connectivity index (χ3v) is 5.15. The third-order valence-electron chi connectivity index (χ3n) is 4.80. The van der Waals surface area contributed by atoms with E-state index >= 15 is 0 Å². The van der Waals surface area contributed by atoms with E-state index in [2.05, 4.69) is 26.5 Å². The van der Waals surface area contributed by atoms with E-state index in [4.69, 9.17) is 0 Å². The second kappa shape index (κ2) is 6.17. The van der Waals surface area contributed by atoms with Gasteiger partial charge in [-0.1, -0.05) is 26.7 Å². The highest BCUT2D eigenvalue weighted by molar-refractivity contribution is 7.80. The molecule has 1 aromatic carbocycles. The molecule has 1 aliphatic heterocycles. The molecule has 1 saturated heterocycles. The van der Waals surface area contributed by atoms with E-state index in [0.717, 1.165) is 25.9 Å². The van der Waals surface area contributed by atoms with Crippen molar-refractivity contribution in [1.29, 1.82) is 0 Å². The number of hydrogen-bond donors (Lipinski definition) is 1. The zero-order valence-electron chi connectivity index (χ0n) is 12.2. The smallest absolute Gasteiger partial charge is 0.253 e. The lowest BCUT2D eigenvalue weighted by atomic mass is 9.74. The Bertz CT molecular complexity index is 489. The molecule has 1 heterocycles. The highest BCUT2D eigenvalue weighted by Crippen LogP contribution is 2.38. The number of benzene rings is 1. The van der Waals surface area contributed by atoms with Gasteiger partial charge in [-0.3, -0.25) is 4.79 Å². The summed E-state index contributed by atoms with van der Waals surface area (Å²) in [7, 11) is 0. The molecular formula is C16H22FNOS. The Morgan fingerprint density at radius 2 is 1.90 bits per heavy atom. The summed E-state index contributed by atoms with van der Waals surface area (Å²) in [6.07, 6.45) is 4.45. The van der Waals surface area contributed by atoms with Gasteiger partial charge in [-0.2, -0.15) is 0 Å². The summed E-state index contributed by atoms with van der Waals surface area (Å²) in [6.45, 7) is 6.04. The van der Waals surface area contributed by atoms with Crippen molar-refractivity contribution in [2.75, 3.05) is 13.1 Å². The number of carbonyl (C=O) groups excluding carboxylic acids is 1. The van der Waals surface area contributed by atoms with E-state index in [-0.39, 0.29) is 16.6 Å². The first-order chi connectivity index (χ1) is 9.51. The molecule has 110 valence electrons. The maximum Gasteiger partial charge on any atom is 0.253 e. The summed E-state index contributed by atoms with van der Waals surface area (Å²) in [6, 6.07) is 4.36. The molecule has 0 unspecified atom stereocenters. The number of nitrogens with zero attached hydrogens (tertiary/aromatic N) is 1. The monoisotopic (exact) mass is 295 g/mol. The first-order valence-corrected chi connectivity index (χ1v) is 7.74. The van der Waals surface area contributed by atoms with E-state index in [1.807, 2.05) is 4.90 Å². The summed E-state index contributed by atoms with van der Waals surface area (Å²) >= 11 is 4.04. The number of piperidine rings is 1. The number of halogens is 1. The van der Waals surface area contributed by atoms with Crippen molar-refractivity contribution in [3.05, 3.63) is 29.6 Å². The van der Waals surface area contributed by atoms with Gasteiger partial charge in [0.1, 0.15) is 5.82 Å². The van der Waals surface area contributed by atoms with Gasteiger partial charge in [-0.15, -0.1) is 12.6 Å². The second-order valence-electron chi connectivity index (χ2n) is 5.67.